The minimum atomic E-state index is -0.513. The highest BCUT2D eigenvalue weighted by Gasteiger charge is 2.29. The number of nitrogens with zero attached hydrogens (tertiary/aromatic N) is 2. The van der Waals surface area contributed by atoms with E-state index in [9.17, 15) is 9.59 Å². The van der Waals surface area contributed by atoms with Gasteiger partial charge < -0.3 is 16.0 Å². The summed E-state index contributed by atoms with van der Waals surface area (Å²) in [6.07, 6.45) is 2.32. The highest BCUT2D eigenvalue weighted by Crippen LogP contribution is 2.24. The summed E-state index contributed by atoms with van der Waals surface area (Å²) >= 11 is 3.10. The molecule has 2 aromatic heterocycles. The van der Waals surface area contributed by atoms with Gasteiger partial charge in [-0.15, -0.1) is 22.7 Å². The van der Waals surface area contributed by atoms with Gasteiger partial charge in [0.2, 0.25) is 5.91 Å². The highest BCUT2D eigenvalue weighted by atomic mass is 32.1. The van der Waals surface area contributed by atoms with Crippen LogP contribution in [0.25, 0.3) is 0 Å². The first-order valence-electron chi connectivity index (χ1n) is 8.41. The fraction of sp³-hybridized carbons (Fsp3) is 0.471. The van der Waals surface area contributed by atoms with Crippen LogP contribution >= 0.6 is 22.7 Å². The summed E-state index contributed by atoms with van der Waals surface area (Å²) in [5.74, 6) is -0.322. The summed E-state index contributed by atoms with van der Waals surface area (Å²) in [4.78, 5) is 32.8. The Labute approximate surface area is 155 Å². The van der Waals surface area contributed by atoms with E-state index in [-0.39, 0.29) is 11.8 Å². The number of carbonyl (C=O) groups is 2. The molecular weight excluding hydrogens is 356 g/mol. The average molecular weight is 379 g/mol. The fourth-order valence-corrected chi connectivity index (χ4v) is 4.49. The summed E-state index contributed by atoms with van der Waals surface area (Å²) in [5.41, 5.74) is 7.10. The molecule has 0 radical (unpaired) electrons. The first-order valence-corrected chi connectivity index (χ1v) is 10.2. The van der Waals surface area contributed by atoms with Crippen molar-refractivity contribution in [3.63, 3.8) is 0 Å². The lowest BCUT2D eigenvalue weighted by molar-refractivity contribution is -0.134. The molecule has 3 rings (SSSR count). The van der Waals surface area contributed by atoms with Gasteiger partial charge in [0.25, 0.3) is 5.91 Å². The minimum Gasteiger partial charge on any atom is -0.339 e. The van der Waals surface area contributed by atoms with Crippen LogP contribution in [0.3, 0.4) is 0 Å². The van der Waals surface area contributed by atoms with E-state index < -0.39 is 6.04 Å². The number of thiazole rings is 1. The zero-order chi connectivity index (χ0) is 17.8. The van der Waals surface area contributed by atoms with Crippen LogP contribution in [-0.4, -0.2) is 34.3 Å². The van der Waals surface area contributed by atoms with Gasteiger partial charge in [-0.2, -0.15) is 0 Å². The Morgan fingerprint density at radius 2 is 2.28 bits per heavy atom. The Kier molecular flexibility index (Phi) is 5.82. The van der Waals surface area contributed by atoms with Crippen LogP contribution in [0, 0.1) is 0 Å². The Balaban J connectivity index is 1.67. The summed E-state index contributed by atoms with van der Waals surface area (Å²) < 4.78 is 0. The zero-order valence-electron chi connectivity index (χ0n) is 14.2. The maximum atomic E-state index is 12.9. The monoisotopic (exact) mass is 378 g/mol. The van der Waals surface area contributed by atoms with Gasteiger partial charge in [-0.25, -0.2) is 4.98 Å². The van der Waals surface area contributed by atoms with Crippen molar-refractivity contribution in [2.45, 2.75) is 45.3 Å². The topological polar surface area (TPSA) is 88.3 Å². The molecule has 0 spiro atoms. The lowest BCUT2D eigenvalue weighted by Gasteiger charge is -2.30. The van der Waals surface area contributed by atoms with E-state index in [0.29, 0.717) is 36.8 Å². The molecule has 25 heavy (non-hydrogen) atoms. The van der Waals surface area contributed by atoms with Crippen LogP contribution in [0.2, 0.25) is 0 Å². The molecule has 0 aliphatic carbocycles. The van der Waals surface area contributed by atoms with E-state index in [1.165, 1.54) is 21.8 Å². The minimum absolute atomic E-state index is 0.0127. The number of nitrogens with two attached hydrogens (primary N) is 1. The average Bonchev–Trinajstić information content (AvgIpc) is 3.28. The molecule has 1 unspecified atom stereocenters. The second kappa shape index (κ2) is 8.07. The van der Waals surface area contributed by atoms with Crippen molar-refractivity contribution >= 4 is 34.5 Å². The lowest BCUT2D eigenvalue weighted by atomic mass is 10.1. The molecule has 0 fully saturated rings. The molecule has 0 aromatic carbocycles. The van der Waals surface area contributed by atoms with E-state index in [1.807, 2.05) is 11.8 Å². The summed E-state index contributed by atoms with van der Waals surface area (Å²) in [7, 11) is 0. The Hall–Kier alpha value is -1.77. The van der Waals surface area contributed by atoms with Crippen molar-refractivity contribution in [2.24, 2.45) is 5.73 Å². The molecule has 1 aliphatic rings. The molecule has 1 atom stereocenters. The van der Waals surface area contributed by atoms with Gasteiger partial charge in [0.1, 0.15) is 16.7 Å². The van der Waals surface area contributed by atoms with Gasteiger partial charge in [0, 0.05) is 29.9 Å². The van der Waals surface area contributed by atoms with E-state index >= 15 is 0 Å². The maximum Gasteiger partial charge on any atom is 0.271 e. The molecular formula is C17H22N4O2S2. The van der Waals surface area contributed by atoms with E-state index in [1.54, 1.807) is 16.7 Å². The van der Waals surface area contributed by atoms with Gasteiger partial charge in [-0.3, -0.25) is 9.59 Å². The Morgan fingerprint density at radius 3 is 3.00 bits per heavy atom. The number of thiophene rings is 1. The number of aromatic nitrogens is 1. The van der Waals surface area contributed by atoms with E-state index in [4.69, 9.17) is 5.73 Å². The zero-order valence-corrected chi connectivity index (χ0v) is 15.8. The molecule has 0 saturated carbocycles. The molecule has 3 N–H and O–H groups in total. The van der Waals surface area contributed by atoms with Crippen LogP contribution in [0.15, 0.2) is 16.8 Å². The van der Waals surface area contributed by atoms with Gasteiger partial charge in [-0.1, -0.05) is 13.3 Å². The normalized spacial score (nSPS) is 14.9. The van der Waals surface area contributed by atoms with Crippen LogP contribution in [-0.2, 0) is 24.3 Å². The van der Waals surface area contributed by atoms with E-state index in [0.717, 1.165) is 12.8 Å². The van der Waals surface area contributed by atoms with Gasteiger partial charge in [-0.05, 0) is 29.9 Å². The maximum absolute atomic E-state index is 12.9. The largest absolute Gasteiger partial charge is 0.339 e. The number of nitrogens with one attached hydrogen (secondary N) is 1. The highest BCUT2D eigenvalue weighted by molar-refractivity contribution is 7.10. The van der Waals surface area contributed by atoms with Crippen LogP contribution in [0.1, 0.15) is 45.7 Å². The Morgan fingerprint density at radius 1 is 1.44 bits per heavy atom. The van der Waals surface area contributed by atoms with Crippen LogP contribution in [0.4, 0.5) is 0 Å². The number of carbonyl (C=O) groups excluding carboxylic acids is 2. The third-order valence-corrected chi connectivity index (χ3v) is 6.15. The van der Waals surface area contributed by atoms with Crippen molar-refractivity contribution < 1.29 is 9.59 Å². The van der Waals surface area contributed by atoms with Crippen molar-refractivity contribution in [3.05, 3.63) is 38.0 Å². The third-order valence-electron chi connectivity index (χ3n) is 4.26. The molecule has 2 aromatic rings. The van der Waals surface area contributed by atoms with Crippen molar-refractivity contribution in [1.82, 2.24) is 15.2 Å². The van der Waals surface area contributed by atoms with Crippen molar-refractivity contribution in [3.8, 4) is 0 Å². The van der Waals surface area contributed by atoms with Gasteiger partial charge in [0.05, 0.1) is 0 Å². The number of hydrogen-bond donors (Lipinski definition) is 2. The smallest absolute Gasteiger partial charge is 0.271 e. The first kappa shape index (κ1) is 18.0. The molecule has 3 heterocycles. The lowest BCUT2D eigenvalue weighted by Crippen LogP contribution is -2.49. The number of hydrogen-bond acceptors (Lipinski definition) is 6. The van der Waals surface area contributed by atoms with Gasteiger partial charge >= 0.3 is 0 Å². The predicted octanol–water partition coefficient (Wildman–Crippen LogP) is 2.15. The summed E-state index contributed by atoms with van der Waals surface area (Å²) in [5, 5.41) is 7.33. The van der Waals surface area contributed by atoms with Crippen LogP contribution < -0.4 is 11.1 Å². The second-order valence-corrected chi connectivity index (χ2v) is 7.97. The molecule has 1 aliphatic heterocycles. The van der Waals surface area contributed by atoms with Crippen molar-refractivity contribution in [1.29, 1.82) is 0 Å². The quantitative estimate of drug-likeness (QED) is 0.806. The van der Waals surface area contributed by atoms with Crippen molar-refractivity contribution in [2.75, 3.05) is 6.54 Å². The Bertz CT molecular complexity index is 755. The molecule has 8 heteroatoms. The van der Waals surface area contributed by atoms with E-state index in [2.05, 4.69) is 21.7 Å². The first-order chi connectivity index (χ1) is 12.1. The number of amides is 2. The standard InChI is InChI=1S/C17H22N4O2S2/c1-2-3-12(20-16(22)13-10-25-15(8-18)19-13)17(23)21-6-4-14-11(9-21)5-7-24-14/h5,7,10,12H,2-4,6,8-9,18H2,1H3,(H,20,22). The molecule has 0 saturated heterocycles. The number of fused-ring (bicyclic) bond motifs is 1. The molecule has 6 nitrogen and oxygen atoms in total. The van der Waals surface area contributed by atoms with Crippen LogP contribution in [0.5, 0.6) is 0 Å². The third kappa shape index (κ3) is 4.08. The molecule has 2 amide bonds. The van der Waals surface area contributed by atoms with Gasteiger partial charge in [0.15, 0.2) is 0 Å². The molecule has 134 valence electrons. The fourth-order valence-electron chi connectivity index (χ4n) is 2.94. The molecule has 0 bridgehead atoms. The number of rotatable bonds is 6. The summed E-state index contributed by atoms with van der Waals surface area (Å²) in [6, 6.07) is 1.57. The second-order valence-electron chi connectivity index (χ2n) is 6.02. The predicted molar refractivity (Wildman–Crippen MR) is 99.6 cm³/mol. The summed E-state index contributed by atoms with van der Waals surface area (Å²) in [6.45, 7) is 3.65. The SMILES string of the molecule is CCCC(NC(=O)c1csc(CN)n1)C(=O)N1CCc2sccc2C1.